The molecule has 1 aromatic rings. The Morgan fingerprint density at radius 2 is 1.80 bits per heavy atom. The van der Waals surface area contributed by atoms with Gasteiger partial charge in [-0.15, -0.1) is 0 Å². The van der Waals surface area contributed by atoms with Crippen molar-refractivity contribution < 1.29 is 29.0 Å². The number of carboxylic acid groups (broad SMARTS) is 1. The maximum atomic E-state index is 13.4. The van der Waals surface area contributed by atoms with Crippen LogP contribution < -0.4 is 26.0 Å². The van der Waals surface area contributed by atoms with E-state index in [1.807, 2.05) is 0 Å². The molecule has 5 N–H and O–H groups in total. The third-order valence-corrected chi connectivity index (χ3v) is 7.97. The normalized spacial score (nSPS) is 20.5. The highest BCUT2D eigenvalue weighted by molar-refractivity contribution is 6.06. The molecule has 2 amide bonds. The van der Waals surface area contributed by atoms with Crippen LogP contribution in [0.25, 0.3) is 0 Å². The van der Waals surface area contributed by atoms with Crippen LogP contribution in [0.5, 0.6) is 5.75 Å². The zero-order valence-corrected chi connectivity index (χ0v) is 23.9. The Morgan fingerprint density at radius 3 is 2.42 bits per heavy atom. The van der Waals surface area contributed by atoms with E-state index in [2.05, 4.69) is 35.1 Å². The number of ketones is 1. The average molecular weight is 559 g/mol. The minimum absolute atomic E-state index is 0.0989. The minimum Gasteiger partial charge on any atom is -0.494 e. The molecule has 0 spiro atoms. The van der Waals surface area contributed by atoms with Gasteiger partial charge in [0.2, 0.25) is 5.91 Å². The summed E-state index contributed by atoms with van der Waals surface area (Å²) in [7, 11) is 0. The standard InChI is InChI=1S/C30H46N4O6/c1-21(2)5-3-18-40-24-9-7-23(8-10-24)27(36)34-25(28(37)38)19-33-29(39)30(14-4-15-32-20-30)26(35)11-6-22-12-16-31-17-13-22/h7-10,21-22,25,31-32H,3-6,11-20H2,1-2H3,(H,33,39)(H,34,36)(H,37,38). The summed E-state index contributed by atoms with van der Waals surface area (Å²) in [5.41, 5.74) is -0.934. The minimum atomic E-state index is -1.35. The van der Waals surface area contributed by atoms with Crippen LogP contribution in [0, 0.1) is 17.3 Å². The number of benzene rings is 1. The molecule has 2 aliphatic rings. The van der Waals surface area contributed by atoms with Crippen molar-refractivity contribution in [1.29, 1.82) is 0 Å². The Hall–Kier alpha value is -2.98. The van der Waals surface area contributed by atoms with Crippen LogP contribution in [0.2, 0.25) is 0 Å². The number of rotatable bonds is 15. The van der Waals surface area contributed by atoms with Crippen molar-refractivity contribution in [2.75, 3.05) is 39.3 Å². The summed E-state index contributed by atoms with van der Waals surface area (Å²) in [6, 6.07) is 5.17. The smallest absolute Gasteiger partial charge is 0.328 e. The van der Waals surface area contributed by atoms with E-state index in [1.165, 1.54) is 0 Å². The summed E-state index contributed by atoms with van der Waals surface area (Å²) in [4.78, 5) is 51.4. The molecule has 2 fully saturated rings. The maximum Gasteiger partial charge on any atom is 0.328 e. The van der Waals surface area contributed by atoms with Gasteiger partial charge in [-0.1, -0.05) is 13.8 Å². The van der Waals surface area contributed by atoms with E-state index in [1.54, 1.807) is 24.3 Å². The molecule has 2 heterocycles. The average Bonchev–Trinajstić information content (AvgIpc) is 2.96. The highest BCUT2D eigenvalue weighted by Gasteiger charge is 2.46. The summed E-state index contributed by atoms with van der Waals surface area (Å²) in [5.74, 6) is -0.701. The van der Waals surface area contributed by atoms with E-state index in [9.17, 15) is 24.3 Å². The fourth-order valence-electron chi connectivity index (χ4n) is 5.40. The number of ether oxygens (including phenoxy) is 1. The van der Waals surface area contributed by atoms with Crippen molar-refractivity contribution in [2.45, 2.75) is 71.3 Å². The second-order valence-corrected chi connectivity index (χ2v) is 11.5. The van der Waals surface area contributed by atoms with Gasteiger partial charge in [0.25, 0.3) is 5.91 Å². The Kier molecular flexibility index (Phi) is 12.4. The van der Waals surface area contributed by atoms with Crippen molar-refractivity contribution in [3.63, 3.8) is 0 Å². The lowest BCUT2D eigenvalue weighted by Gasteiger charge is -2.35. The first-order chi connectivity index (χ1) is 19.2. The number of hydrogen-bond donors (Lipinski definition) is 5. The summed E-state index contributed by atoms with van der Waals surface area (Å²) in [5, 5.41) is 21.4. The third-order valence-electron chi connectivity index (χ3n) is 7.97. The summed E-state index contributed by atoms with van der Waals surface area (Å²) in [6.45, 7) is 7.44. The van der Waals surface area contributed by atoms with Crippen LogP contribution >= 0.6 is 0 Å². The highest BCUT2D eigenvalue weighted by atomic mass is 16.5. The van der Waals surface area contributed by atoms with Gasteiger partial charge in [-0.05, 0) is 101 Å². The lowest BCUT2D eigenvalue weighted by Crippen LogP contribution is -2.57. The molecular weight excluding hydrogens is 512 g/mol. The highest BCUT2D eigenvalue weighted by Crippen LogP contribution is 2.31. The van der Waals surface area contributed by atoms with Gasteiger partial charge in [0, 0.05) is 25.1 Å². The van der Waals surface area contributed by atoms with Gasteiger partial charge in [0.15, 0.2) is 0 Å². The number of carbonyl (C=O) groups is 4. The number of hydrogen-bond acceptors (Lipinski definition) is 7. The predicted molar refractivity (Wildman–Crippen MR) is 152 cm³/mol. The van der Waals surface area contributed by atoms with Crippen molar-refractivity contribution in [1.82, 2.24) is 21.3 Å². The monoisotopic (exact) mass is 558 g/mol. The Balaban J connectivity index is 1.54. The fourth-order valence-corrected chi connectivity index (χ4v) is 5.40. The van der Waals surface area contributed by atoms with Crippen LogP contribution in [0.4, 0.5) is 0 Å². The molecule has 0 aromatic heterocycles. The van der Waals surface area contributed by atoms with Crippen molar-refractivity contribution in [3.05, 3.63) is 29.8 Å². The number of carbonyl (C=O) groups excluding carboxylic acids is 3. The quantitative estimate of drug-likeness (QED) is 0.163. The van der Waals surface area contributed by atoms with Gasteiger partial charge in [-0.25, -0.2) is 4.79 Å². The number of Topliss-reactive ketones (excluding diaryl/α,β-unsaturated/α-hetero) is 1. The molecule has 1 aromatic carbocycles. The Bertz CT molecular complexity index is 984. The van der Waals surface area contributed by atoms with Crippen LogP contribution in [-0.4, -0.2) is 74.0 Å². The molecule has 10 nitrogen and oxygen atoms in total. The molecular formula is C30H46N4O6. The van der Waals surface area contributed by atoms with Gasteiger partial charge in [0.05, 0.1) is 6.61 Å². The largest absolute Gasteiger partial charge is 0.494 e. The third kappa shape index (κ3) is 9.30. The zero-order valence-electron chi connectivity index (χ0n) is 23.9. The van der Waals surface area contributed by atoms with Crippen molar-refractivity contribution in [2.24, 2.45) is 17.3 Å². The lowest BCUT2D eigenvalue weighted by atomic mass is 9.73. The molecule has 40 heavy (non-hydrogen) atoms. The molecule has 0 radical (unpaired) electrons. The number of carboxylic acids is 1. The number of piperidine rings is 2. The summed E-state index contributed by atoms with van der Waals surface area (Å²) in [6.07, 6.45) is 6.25. The summed E-state index contributed by atoms with van der Waals surface area (Å²) < 4.78 is 5.70. The molecule has 2 aliphatic heterocycles. The number of aliphatic carboxylic acids is 1. The molecule has 10 heteroatoms. The first-order valence-electron chi connectivity index (χ1n) is 14.7. The zero-order chi connectivity index (χ0) is 29.0. The summed E-state index contributed by atoms with van der Waals surface area (Å²) >= 11 is 0. The Morgan fingerprint density at radius 1 is 1.07 bits per heavy atom. The topological polar surface area (TPSA) is 146 Å². The molecule has 0 saturated carbocycles. The van der Waals surface area contributed by atoms with E-state index in [-0.39, 0.29) is 24.4 Å². The first kappa shape index (κ1) is 31.5. The molecule has 0 bridgehead atoms. The van der Waals surface area contributed by atoms with Gasteiger partial charge in [0.1, 0.15) is 23.0 Å². The SMILES string of the molecule is CC(C)CCCOc1ccc(C(=O)NC(CNC(=O)C2(C(=O)CCC3CCNCC3)CCCNC2)C(=O)O)cc1. The van der Waals surface area contributed by atoms with Crippen molar-refractivity contribution >= 4 is 23.6 Å². The molecule has 0 aliphatic carbocycles. The van der Waals surface area contributed by atoms with E-state index < -0.39 is 29.2 Å². The molecule has 2 saturated heterocycles. The lowest BCUT2D eigenvalue weighted by molar-refractivity contribution is -0.144. The van der Waals surface area contributed by atoms with Gasteiger partial charge < -0.3 is 31.1 Å². The van der Waals surface area contributed by atoms with Crippen molar-refractivity contribution in [3.8, 4) is 5.75 Å². The number of amides is 2. The maximum absolute atomic E-state index is 13.4. The second-order valence-electron chi connectivity index (χ2n) is 11.5. The van der Waals surface area contributed by atoms with E-state index in [0.717, 1.165) is 51.7 Å². The first-order valence-corrected chi connectivity index (χ1v) is 14.7. The predicted octanol–water partition coefficient (Wildman–Crippen LogP) is 2.52. The molecule has 2 unspecified atom stereocenters. The van der Waals surface area contributed by atoms with E-state index in [0.29, 0.717) is 43.5 Å². The van der Waals surface area contributed by atoms with Crippen LogP contribution in [0.3, 0.4) is 0 Å². The van der Waals surface area contributed by atoms with E-state index >= 15 is 0 Å². The van der Waals surface area contributed by atoms with Gasteiger partial charge >= 0.3 is 5.97 Å². The van der Waals surface area contributed by atoms with Gasteiger partial charge in [-0.2, -0.15) is 0 Å². The molecule has 3 rings (SSSR count). The van der Waals surface area contributed by atoms with Crippen LogP contribution in [0.1, 0.15) is 75.6 Å². The fraction of sp³-hybridized carbons (Fsp3) is 0.667. The molecule has 222 valence electrons. The van der Waals surface area contributed by atoms with E-state index in [4.69, 9.17) is 4.74 Å². The number of nitrogens with one attached hydrogen (secondary N) is 4. The van der Waals surface area contributed by atoms with Crippen LogP contribution in [0.15, 0.2) is 24.3 Å². The Labute approximate surface area is 237 Å². The molecule has 2 atom stereocenters. The second kappa shape index (κ2) is 15.7. The van der Waals surface area contributed by atoms with Gasteiger partial charge in [-0.3, -0.25) is 14.4 Å². The van der Waals surface area contributed by atoms with Crippen LogP contribution in [-0.2, 0) is 14.4 Å².